The van der Waals surface area contributed by atoms with Crippen LogP contribution in [0.25, 0.3) is 32.6 Å². The van der Waals surface area contributed by atoms with E-state index in [0.717, 1.165) is 27.8 Å². The molecular formula is C28H23N3O3S. The van der Waals surface area contributed by atoms with Crippen LogP contribution in [0.2, 0.25) is 0 Å². The molecule has 174 valence electrons. The normalized spacial score (nSPS) is 10.8. The molecule has 1 amide bonds. The van der Waals surface area contributed by atoms with Gasteiger partial charge in [0, 0.05) is 16.6 Å². The highest BCUT2D eigenvalue weighted by atomic mass is 32.1. The summed E-state index contributed by atoms with van der Waals surface area (Å²) in [5, 5.41) is 3.66. The van der Waals surface area contributed by atoms with E-state index in [1.165, 1.54) is 11.3 Å². The maximum Gasteiger partial charge on any atom is 0.267 e. The van der Waals surface area contributed by atoms with E-state index in [1.54, 1.807) is 14.2 Å². The molecule has 0 unspecified atom stereocenters. The Kier molecular flexibility index (Phi) is 6.08. The average molecular weight is 482 g/mol. The maximum absolute atomic E-state index is 13.1. The summed E-state index contributed by atoms with van der Waals surface area (Å²) in [4.78, 5) is 19.1. The van der Waals surface area contributed by atoms with Crippen LogP contribution in [0.5, 0.6) is 11.5 Å². The van der Waals surface area contributed by atoms with Crippen molar-refractivity contribution in [3.8, 4) is 33.9 Å². The van der Waals surface area contributed by atoms with Gasteiger partial charge < -0.3 is 20.5 Å². The fraction of sp³-hybridized carbons (Fsp3) is 0.0714. The van der Waals surface area contributed by atoms with Gasteiger partial charge in [0.15, 0.2) is 11.5 Å². The van der Waals surface area contributed by atoms with Crippen LogP contribution in [-0.2, 0) is 0 Å². The van der Waals surface area contributed by atoms with Gasteiger partial charge in [-0.25, -0.2) is 4.98 Å². The number of carbonyl (C=O) groups is 1. The molecule has 0 radical (unpaired) electrons. The fourth-order valence-corrected chi connectivity index (χ4v) is 5.00. The maximum atomic E-state index is 13.1. The predicted octanol–water partition coefficient (Wildman–Crippen LogP) is 6.48. The molecule has 0 saturated carbocycles. The van der Waals surface area contributed by atoms with E-state index in [4.69, 9.17) is 20.2 Å². The number of hydrogen-bond acceptors (Lipinski definition) is 6. The van der Waals surface area contributed by atoms with Gasteiger partial charge in [-0.1, -0.05) is 54.6 Å². The summed E-state index contributed by atoms with van der Waals surface area (Å²) < 4.78 is 10.9. The van der Waals surface area contributed by atoms with E-state index < -0.39 is 0 Å². The Hall–Kier alpha value is -4.36. The first-order valence-corrected chi connectivity index (χ1v) is 11.8. The largest absolute Gasteiger partial charge is 0.493 e. The summed E-state index contributed by atoms with van der Waals surface area (Å²) in [6.07, 6.45) is 0. The third-order valence-corrected chi connectivity index (χ3v) is 6.80. The number of anilines is 2. The smallest absolute Gasteiger partial charge is 0.267 e. The molecule has 2 heterocycles. The topological polar surface area (TPSA) is 86.5 Å². The summed E-state index contributed by atoms with van der Waals surface area (Å²) in [5.41, 5.74) is 11.2. The molecule has 35 heavy (non-hydrogen) atoms. The number of carbonyl (C=O) groups excluding carboxylic acids is 1. The summed E-state index contributed by atoms with van der Waals surface area (Å²) in [6.45, 7) is 0. The Morgan fingerprint density at radius 2 is 1.54 bits per heavy atom. The van der Waals surface area contributed by atoms with Gasteiger partial charge in [-0.2, -0.15) is 0 Å². The van der Waals surface area contributed by atoms with Gasteiger partial charge in [-0.15, -0.1) is 11.3 Å². The number of nitrogens with one attached hydrogen (secondary N) is 1. The summed E-state index contributed by atoms with van der Waals surface area (Å²) in [5.74, 6) is 0.967. The quantitative estimate of drug-likeness (QED) is 0.290. The number of aromatic nitrogens is 1. The molecule has 0 fully saturated rings. The molecule has 0 saturated heterocycles. The van der Waals surface area contributed by atoms with Gasteiger partial charge >= 0.3 is 0 Å². The Balaban J connectivity index is 1.70. The second-order valence-electron chi connectivity index (χ2n) is 7.84. The van der Waals surface area contributed by atoms with Gasteiger partial charge in [-0.05, 0) is 41.5 Å². The first-order valence-electron chi connectivity index (χ1n) is 11.0. The monoisotopic (exact) mass is 481 g/mol. The molecule has 3 N–H and O–H groups in total. The number of amides is 1. The number of pyridine rings is 1. The van der Waals surface area contributed by atoms with Crippen molar-refractivity contribution in [1.29, 1.82) is 0 Å². The minimum absolute atomic E-state index is 0.267. The van der Waals surface area contributed by atoms with Crippen molar-refractivity contribution in [2.24, 2.45) is 0 Å². The van der Waals surface area contributed by atoms with E-state index in [0.29, 0.717) is 32.6 Å². The van der Waals surface area contributed by atoms with Crippen LogP contribution in [0.1, 0.15) is 9.67 Å². The number of para-hydroxylation sites is 1. The molecule has 2 aromatic heterocycles. The Bertz CT molecular complexity index is 1520. The fourth-order valence-electron chi connectivity index (χ4n) is 3.99. The van der Waals surface area contributed by atoms with Crippen molar-refractivity contribution < 1.29 is 14.3 Å². The zero-order chi connectivity index (χ0) is 24.4. The van der Waals surface area contributed by atoms with Gasteiger partial charge in [0.25, 0.3) is 5.91 Å². The molecule has 0 aliphatic rings. The number of benzene rings is 3. The molecule has 0 atom stereocenters. The molecule has 0 bridgehead atoms. The standard InChI is InChI=1S/C28H23N3O3S/c1-33-22-14-13-18(15-23(22)34-2)20-16-21(17-9-5-3-6-10-17)31-28-24(20)25(29)26(35-28)27(32)30-19-11-7-4-8-12-19/h3-16H,29H2,1-2H3,(H,30,32). The highest BCUT2D eigenvalue weighted by molar-refractivity contribution is 7.21. The first-order chi connectivity index (χ1) is 17.1. The SMILES string of the molecule is COc1ccc(-c2cc(-c3ccccc3)nc3sc(C(=O)Nc4ccccc4)c(N)c23)cc1OC. The number of nitrogens with two attached hydrogens (primary N) is 1. The van der Waals surface area contributed by atoms with Crippen LogP contribution < -0.4 is 20.5 Å². The number of ether oxygens (including phenoxy) is 2. The molecule has 5 rings (SSSR count). The van der Waals surface area contributed by atoms with Crippen molar-refractivity contribution in [3.05, 3.63) is 89.8 Å². The van der Waals surface area contributed by atoms with E-state index >= 15 is 0 Å². The average Bonchev–Trinajstić information content (AvgIpc) is 3.25. The first kappa shape index (κ1) is 22.4. The van der Waals surface area contributed by atoms with Crippen LogP contribution in [0, 0.1) is 0 Å². The third kappa shape index (κ3) is 4.29. The number of hydrogen-bond donors (Lipinski definition) is 2. The number of rotatable bonds is 6. The van der Waals surface area contributed by atoms with Crippen molar-refractivity contribution >= 4 is 38.8 Å². The van der Waals surface area contributed by atoms with Gasteiger partial charge in [-0.3, -0.25) is 4.79 Å². The van der Waals surface area contributed by atoms with Crippen LogP contribution in [-0.4, -0.2) is 25.1 Å². The lowest BCUT2D eigenvalue weighted by atomic mass is 9.99. The predicted molar refractivity (Wildman–Crippen MR) is 142 cm³/mol. The van der Waals surface area contributed by atoms with Crippen molar-refractivity contribution in [1.82, 2.24) is 4.98 Å². The van der Waals surface area contributed by atoms with E-state index in [9.17, 15) is 4.79 Å². The van der Waals surface area contributed by atoms with E-state index in [2.05, 4.69) is 5.32 Å². The van der Waals surface area contributed by atoms with E-state index in [-0.39, 0.29) is 5.91 Å². The highest BCUT2D eigenvalue weighted by Crippen LogP contribution is 2.43. The number of nitrogen functional groups attached to an aromatic ring is 1. The molecule has 5 aromatic rings. The summed E-state index contributed by atoms with van der Waals surface area (Å²) in [6, 6.07) is 26.9. The van der Waals surface area contributed by atoms with Gasteiger partial charge in [0.1, 0.15) is 9.71 Å². The number of fused-ring (bicyclic) bond motifs is 1. The summed E-state index contributed by atoms with van der Waals surface area (Å²) >= 11 is 1.28. The second kappa shape index (κ2) is 9.48. The van der Waals surface area contributed by atoms with Crippen molar-refractivity contribution in [2.75, 3.05) is 25.3 Å². The van der Waals surface area contributed by atoms with Crippen LogP contribution >= 0.6 is 11.3 Å². The Labute approximate surface area is 207 Å². The zero-order valence-electron chi connectivity index (χ0n) is 19.2. The highest BCUT2D eigenvalue weighted by Gasteiger charge is 2.22. The molecule has 0 spiro atoms. The second-order valence-corrected chi connectivity index (χ2v) is 8.84. The van der Waals surface area contributed by atoms with Crippen molar-refractivity contribution in [2.45, 2.75) is 0 Å². The summed E-state index contributed by atoms with van der Waals surface area (Å²) in [7, 11) is 3.20. The Morgan fingerprint density at radius 1 is 0.857 bits per heavy atom. The van der Waals surface area contributed by atoms with E-state index in [1.807, 2.05) is 84.9 Å². The minimum atomic E-state index is -0.267. The van der Waals surface area contributed by atoms with Gasteiger partial charge in [0.2, 0.25) is 0 Å². The minimum Gasteiger partial charge on any atom is -0.493 e. The molecule has 0 aliphatic heterocycles. The lowest BCUT2D eigenvalue weighted by molar-refractivity contribution is 0.103. The molecule has 3 aromatic carbocycles. The molecule has 0 aliphatic carbocycles. The lowest BCUT2D eigenvalue weighted by Gasteiger charge is -2.12. The molecule has 7 heteroatoms. The molecular weight excluding hydrogens is 458 g/mol. The van der Waals surface area contributed by atoms with Crippen LogP contribution in [0.3, 0.4) is 0 Å². The number of thiophene rings is 1. The van der Waals surface area contributed by atoms with Crippen molar-refractivity contribution in [3.63, 3.8) is 0 Å². The zero-order valence-corrected chi connectivity index (χ0v) is 20.1. The number of nitrogens with zero attached hydrogens (tertiary/aromatic N) is 1. The lowest BCUT2D eigenvalue weighted by Crippen LogP contribution is -2.11. The molecule has 6 nitrogen and oxygen atoms in total. The van der Waals surface area contributed by atoms with Crippen LogP contribution in [0.15, 0.2) is 84.9 Å². The third-order valence-electron chi connectivity index (χ3n) is 5.70. The van der Waals surface area contributed by atoms with Gasteiger partial charge in [0.05, 0.1) is 25.6 Å². The Morgan fingerprint density at radius 3 is 2.23 bits per heavy atom. The van der Waals surface area contributed by atoms with Crippen LogP contribution in [0.4, 0.5) is 11.4 Å². The number of methoxy groups -OCH3 is 2.